The molecule has 2 aromatic heterocycles. The van der Waals surface area contributed by atoms with E-state index in [1.807, 2.05) is 0 Å². The molecule has 0 bridgehead atoms. The van der Waals surface area contributed by atoms with E-state index in [9.17, 15) is 0 Å². The van der Waals surface area contributed by atoms with Crippen LogP contribution in [-0.2, 0) is 5.67 Å². The van der Waals surface area contributed by atoms with Crippen molar-refractivity contribution in [2.24, 2.45) is 0 Å². The molecular formula is C14H18FN5O3. The molecule has 0 aromatic carbocycles. The van der Waals surface area contributed by atoms with Crippen LogP contribution < -0.4 is 14.2 Å². The molecular weight excluding hydrogens is 305 g/mol. The molecule has 1 aliphatic rings. The van der Waals surface area contributed by atoms with Crippen LogP contribution in [0.5, 0.6) is 17.8 Å². The molecule has 0 spiro atoms. The van der Waals surface area contributed by atoms with Gasteiger partial charge in [-0.05, 0) is 26.2 Å². The van der Waals surface area contributed by atoms with Crippen molar-refractivity contribution < 1.29 is 18.6 Å². The summed E-state index contributed by atoms with van der Waals surface area (Å²) in [6, 6.07) is 1.52. The fourth-order valence-electron chi connectivity index (χ4n) is 2.64. The average Bonchev–Trinajstić information content (AvgIpc) is 3.14. The molecule has 1 saturated carbocycles. The molecule has 0 saturated heterocycles. The zero-order valence-electron chi connectivity index (χ0n) is 13.2. The number of H-pyrrole nitrogens is 1. The fourth-order valence-corrected chi connectivity index (χ4v) is 2.64. The summed E-state index contributed by atoms with van der Waals surface area (Å²) >= 11 is 0. The van der Waals surface area contributed by atoms with Crippen molar-refractivity contribution in [2.75, 3.05) is 14.2 Å². The van der Waals surface area contributed by atoms with Crippen LogP contribution in [0, 0.1) is 6.92 Å². The predicted octanol–water partition coefficient (Wildman–Crippen LogP) is 1.72. The summed E-state index contributed by atoms with van der Waals surface area (Å²) in [7, 11) is 2.94. The molecule has 23 heavy (non-hydrogen) atoms. The number of aromatic amines is 1. The van der Waals surface area contributed by atoms with Crippen molar-refractivity contribution >= 4 is 0 Å². The van der Waals surface area contributed by atoms with Gasteiger partial charge in [-0.2, -0.15) is 15.1 Å². The minimum absolute atomic E-state index is 0.00221. The Morgan fingerprint density at radius 1 is 1.22 bits per heavy atom. The van der Waals surface area contributed by atoms with Gasteiger partial charge in [0.05, 0.1) is 20.3 Å². The minimum Gasteiger partial charge on any atom is -0.481 e. The number of alkyl halides is 1. The Kier molecular flexibility index (Phi) is 4.01. The largest absolute Gasteiger partial charge is 0.481 e. The number of hydrogen-bond donors (Lipinski definition) is 1. The maximum absolute atomic E-state index is 15.4. The first-order valence-corrected chi connectivity index (χ1v) is 7.27. The van der Waals surface area contributed by atoms with Gasteiger partial charge >= 0.3 is 6.01 Å². The van der Waals surface area contributed by atoms with Gasteiger partial charge in [-0.1, -0.05) is 0 Å². The lowest BCUT2D eigenvalue weighted by atomic mass is 10.0. The fraction of sp³-hybridized carbons (Fsp3) is 0.571. The molecule has 2 unspecified atom stereocenters. The monoisotopic (exact) mass is 323 g/mol. The maximum Gasteiger partial charge on any atom is 0.323 e. The Balaban J connectivity index is 1.87. The van der Waals surface area contributed by atoms with Crippen LogP contribution in [0.25, 0.3) is 0 Å². The second-order valence-electron chi connectivity index (χ2n) is 5.34. The standard InChI is InChI=1S/C14H18FN5O3/c1-8-16-12(20-19-8)14(15)6-4-5-9(14)23-13-17-10(21-2)7-11(18-13)22-3/h7,9H,4-6H2,1-3H3,(H,16,19,20). The molecule has 9 heteroatoms. The highest BCUT2D eigenvalue weighted by molar-refractivity contribution is 5.23. The number of halogens is 1. The van der Waals surface area contributed by atoms with E-state index in [4.69, 9.17) is 14.2 Å². The third-order valence-corrected chi connectivity index (χ3v) is 3.81. The van der Waals surface area contributed by atoms with Crippen LogP contribution in [0.15, 0.2) is 6.07 Å². The number of rotatable bonds is 5. The maximum atomic E-state index is 15.4. The summed E-state index contributed by atoms with van der Waals surface area (Å²) in [5, 5.41) is 6.61. The van der Waals surface area contributed by atoms with Crippen LogP contribution in [0.2, 0.25) is 0 Å². The second-order valence-corrected chi connectivity index (χ2v) is 5.34. The van der Waals surface area contributed by atoms with Gasteiger partial charge in [0, 0.05) is 0 Å². The zero-order valence-corrected chi connectivity index (χ0v) is 13.2. The Bertz CT molecular complexity index is 673. The van der Waals surface area contributed by atoms with E-state index < -0.39 is 11.8 Å². The van der Waals surface area contributed by atoms with Crippen molar-refractivity contribution in [2.45, 2.75) is 38.0 Å². The van der Waals surface area contributed by atoms with Crippen molar-refractivity contribution in [1.29, 1.82) is 0 Å². The summed E-state index contributed by atoms with van der Waals surface area (Å²) < 4.78 is 31.2. The Morgan fingerprint density at radius 3 is 2.48 bits per heavy atom. The third kappa shape index (κ3) is 2.90. The Morgan fingerprint density at radius 2 is 1.91 bits per heavy atom. The van der Waals surface area contributed by atoms with Gasteiger partial charge in [-0.25, -0.2) is 9.37 Å². The number of ether oxygens (including phenoxy) is 3. The molecule has 0 aliphatic heterocycles. The van der Waals surface area contributed by atoms with Crippen LogP contribution in [-0.4, -0.2) is 45.5 Å². The van der Waals surface area contributed by atoms with Crippen LogP contribution in [0.1, 0.15) is 30.9 Å². The summed E-state index contributed by atoms with van der Waals surface area (Å²) in [5.41, 5.74) is -1.77. The van der Waals surface area contributed by atoms with Gasteiger partial charge in [0.25, 0.3) is 0 Å². The number of nitrogens with zero attached hydrogens (tertiary/aromatic N) is 4. The third-order valence-electron chi connectivity index (χ3n) is 3.81. The number of hydrogen-bond acceptors (Lipinski definition) is 7. The van der Waals surface area contributed by atoms with Gasteiger partial charge < -0.3 is 14.2 Å². The van der Waals surface area contributed by atoms with Gasteiger partial charge in [0.2, 0.25) is 17.4 Å². The van der Waals surface area contributed by atoms with Crippen molar-refractivity contribution in [3.63, 3.8) is 0 Å². The summed E-state index contributed by atoms with van der Waals surface area (Å²) in [6.45, 7) is 1.72. The number of methoxy groups -OCH3 is 2. The van der Waals surface area contributed by atoms with E-state index in [1.54, 1.807) is 6.92 Å². The van der Waals surface area contributed by atoms with E-state index in [1.165, 1.54) is 20.3 Å². The normalized spacial score (nSPS) is 23.7. The molecule has 0 radical (unpaired) electrons. The first-order valence-electron chi connectivity index (χ1n) is 7.27. The van der Waals surface area contributed by atoms with E-state index in [-0.39, 0.29) is 30.0 Å². The minimum atomic E-state index is -1.77. The van der Waals surface area contributed by atoms with Crippen molar-refractivity contribution in [3.05, 3.63) is 17.7 Å². The highest BCUT2D eigenvalue weighted by Gasteiger charge is 2.50. The smallest absolute Gasteiger partial charge is 0.323 e. The lowest BCUT2D eigenvalue weighted by Crippen LogP contribution is -2.36. The molecule has 124 valence electrons. The van der Waals surface area contributed by atoms with Gasteiger partial charge in [-0.3, -0.25) is 5.10 Å². The predicted molar refractivity (Wildman–Crippen MR) is 77.3 cm³/mol. The van der Waals surface area contributed by atoms with E-state index in [2.05, 4.69) is 25.1 Å². The SMILES string of the molecule is COc1cc(OC)nc(OC2CCCC2(F)c2n[nH]c(C)n2)n1. The van der Waals surface area contributed by atoms with E-state index in [0.717, 1.165) is 0 Å². The Labute approximate surface area is 132 Å². The summed E-state index contributed by atoms with van der Waals surface area (Å²) in [4.78, 5) is 12.3. The molecule has 3 rings (SSSR count). The zero-order chi connectivity index (χ0) is 16.4. The quantitative estimate of drug-likeness (QED) is 0.895. The first-order chi connectivity index (χ1) is 11.0. The molecule has 0 amide bonds. The van der Waals surface area contributed by atoms with Crippen LogP contribution >= 0.6 is 0 Å². The molecule has 1 N–H and O–H groups in total. The number of aryl methyl sites for hydroxylation is 1. The van der Waals surface area contributed by atoms with E-state index >= 15 is 4.39 Å². The second kappa shape index (κ2) is 5.98. The lowest BCUT2D eigenvalue weighted by molar-refractivity contribution is 0.0176. The molecule has 2 heterocycles. The highest BCUT2D eigenvalue weighted by atomic mass is 19.1. The molecule has 1 aliphatic carbocycles. The van der Waals surface area contributed by atoms with E-state index in [0.29, 0.717) is 18.7 Å². The molecule has 2 atom stereocenters. The molecule has 1 fully saturated rings. The van der Waals surface area contributed by atoms with Crippen molar-refractivity contribution in [3.8, 4) is 17.8 Å². The first kappa shape index (κ1) is 15.4. The van der Waals surface area contributed by atoms with Crippen molar-refractivity contribution in [1.82, 2.24) is 25.1 Å². The topological polar surface area (TPSA) is 95.0 Å². The van der Waals surface area contributed by atoms with Crippen LogP contribution in [0.4, 0.5) is 4.39 Å². The highest BCUT2D eigenvalue weighted by Crippen LogP contribution is 2.43. The van der Waals surface area contributed by atoms with Gasteiger partial charge in [0.1, 0.15) is 11.9 Å². The summed E-state index contributed by atoms with van der Waals surface area (Å²) in [5.74, 6) is 1.22. The molecule has 8 nitrogen and oxygen atoms in total. The van der Waals surface area contributed by atoms with Gasteiger partial charge in [-0.15, -0.1) is 0 Å². The Hall–Kier alpha value is -2.45. The average molecular weight is 323 g/mol. The number of nitrogens with one attached hydrogen (secondary N) is 1. The van der Waals surface area contributed by atoms with Crippen LogP contribution in [0.3, 0.4) is 0 Å². The molecule has 2 aromatic rings. The number of aromatic nitrogens is 5. The summed E-state index contributed by atoms with van der Waals surface area (Å²) in [6.07, 6.45) is 0.702. The lowest BCUT2D eigenvalue weighted by Gasteiger charge is -2.24. The van der Waals surface area contributed by atoms with Gasteiger partial charge in [0.15, 0.2) is 5.82 Å².